The number of rotatable bonds is 6. The number of carbonyl (C=O) groups excluding carboxylic acids is 1. The quantitative estimate of drug-likeness (QED) is 0.646. The van der Waals surface area contributed by atoms with E-state index >= 15 is 0 Å². The van der Waals surface area contributed by atoms with E-state index in [0.717, 1.165) is 49.2 Å². The number of carbonyl (C=O) groups is 1. The summed E-state index contributed by atoms with van der Waals surface area (Å²) in [5.41, 5.74) is 3.21. The summed E-state index contributed by atoms with van der Waals surface area (Å²) in [4.78, 5) is 18.9. The van der Waals surface area contributed by atoms with Crippen molar-refractivity contribution in [1.29, 1.82) is 0 Å². The summed E-state index contributed by atoms with van der Waals surface area (Å²) >= 11 is 0. The maximum absolute atomic E-state index is 12.5. The largest absolute Gasteiger partial charge is 0.497 e. The molecule has 4 rings (SSSR count). The number of benzene rings is 2. The number of hydrogen-bond acceptors (Lipinski definition) is 5. The van der Waals surface area contributed by atoms with Crippen molar-refractivity contribution in [2.75, 3.05) is 20.2 Å². The van der Waals surface area contributed by atoms with Gasteiger partial charge in [0.15, 0.2) is 0 Å². The number of amides is 2. The molecule has 0 spiro atoms. The Morgan fingerprint density at radius 2 is 1.84 bits per heavy atom. The lowest BCUT2D eigenvalue weighted by atomic mass is 9.94. The van der Waals surface area contributed by atoms with Crippen LogP contribution in [0.25, 0.3) is 11.4 Å². The number of urea groups is 1. The number of ether oxygens (including phenoxy) is 1. The molecule has 3 aromatic rings. The van der Waals surface area contributed by atoms with E-state index in [4.69, 9.17) is 9.26 Å². The van der Waals surface area contributed by atoms with E-state index in [9.17, 15) is 4.79 Å². The van der Waals surface area contributed by atoms with Crippen molar-refractivity contribution in [3.63, 3.8) is 0 Å². The predicted octanol–water partition coefficient (Wildman–Crippen LogP) is 4.22. The molecule has 1 N–H and O–H groups in total. The molecule has 0 radical (unpaired) electrons. The van der Waals surface area contributed by atoms with Gasteiger partial charge in [0, 0.05) is 31.6 Å². The molecule has 7 nitrogen and oxygen atoms in total. The van der Waals surface area contributed by atoms with Gasteiger partial charge in [0.2, 0.25) is 11.7 Å². The number of nitrogens with zero attached hydrogens (tertiary/aromatic N) is 3. The third-order valence-electron chi connectivity index (χ3n) is 5.75. The van der Waals surface area contributed by atoms with Crippen molar-refractivity contribution in [2.24, 2.45) is 5.92 Å². The van der Waals surface area contributed by atoms with Crippen LogP contribution in [0, 0.1) is 12.8 Å². The molecule has 1 fully saturated rings. The van der Waals surface area contributed by atoms with Gasteiger partial charge in [-0.1, -0.05) is 47.1 Å². The van der Waals surface area contributed by atoms with Gasteiger partial charge >= 0.3 is 6.03 Å². The van der Waals surface area contributed by atoms with Crippen LogP contribution in [-0.4, -0.2) is 41.3 Å². The molecule has 1 aromatic heterocycles. The van der Waals surface area contributed by atoms with E-state index in [-0.39, 0.29) is 6.03 Å². The number of aromatic nitrogens is 2. The van der Waals surface area contributed by atoms with Crippen molar-refractivity contribution in [1.82, 2.24) is 20.4 Å². The van der Waals surface area contributed by atoms with Crippen LogP contribution in [0.15, 0.2) is 53.1 Å². The van der Waals surface area contributed by atoms with E-state index < -0.39 is 0 Å². The minimum absolute atomic E-state index is 0.0197. The summed E-state index contributed by atoms with van der Waals surface area (Å²) in [6, 6.07) is 15.8. The van der Waals surface area contributed by atoms with Gasteiger partial charge in [-0.3, -0.25) is 0 Å². The molecule has 162 valence electrons. The average Bonchev–Trinajstić information content (AvgIpc) is 3.27. The lowest BCUT2D eigenvalue weighted by molar-refractivity contribution is 0.167. The molecule has 0 bridgehead atoms. The fourth-order valence-corrected chi connectivity index (χ4v) is 3.78. The zero-order valence-electron chi connectivity index (χ0n) is 18.0. The number of hydrogen-bond donors (Lipinski definition) is 1. The lowest BCUT2D eigenvalue weighted by Gasteiger charge is -2.31. The van der Waals surface area contributed by atoms with Crippen LogP contribution in [0.1, 0.15) is 29.9 Å². The molecule has 2 aromatic carbocycles. The molecule has 2 amide bonds. The van der Waals surface area contributed by atoms with Gasteiger partial charge in [-0.15, -0.1) is 0 Å². The molecule has 0 unspecified atom stereocenters. The second kappa shape index (κ2) is 9.64. The third kappa shape index (κ3) is 5.42. The summed E-state index contributed by atoms with van der Waals surface area (Å²) in [7, 11) is 1.64. The molecule has 0 aliphatic carbocycles. The third-order valence-corrected chi connectivity index (χ3v) is 5.75. The topological polar surface area (TPSA) is 80.5 Å². The summed E-state index contributed by atoms with van der Waals surface area (Å²) in [5.74, 6) is 2.55. The van der Waals surface area contributed by atoms with Crippen LogP contribution >= 0.6 is 0 Å². The molecule has 0 atom stereocenters. The first kappa shape index (κ1) is 20.9. The van der Waals surface area contributed by atoms with Gasteiger partial charge in [0.05, 0.1) is 7.11 Å². The van der Waals surface area contributed by atoms with E-state index in [1.54, 1.807) is 7.11 Å². The molecular weight excluding hydrogens is 392 g/mol. The van der Waals surface area contributed by atoms with Gasteiger partial charge in [-0.05, 0) is 43.4 Å². The van der Waals surface area contributed by atoms with E-state index in [1.807, 2.05) is 53.4 Å². The Hall–Kier alpha value is -3.35. The Labute approximate surface area is 182 Å². The number of nitrogens with one attached hydrogen (secondary N) is 1. The highest BCUT2D eigenvalue weighted by Crippen LogP contribution is 2.23. The Bertz CT molecular complexity index is 990. The van der Waals surface area contributed by atoms with Crippen LogP contribution in [0.4, 0.5) is 4.79 Å². The average molecular weight is 421 g/mol. The Balaban J connectivity index is 1.23. The SMILES string of the molecule is COc1ccc(CNC(=O)N2CCC(Cc3nc(-c4ccc(C)cc4)no3)CC2)cc1. The molecule has 1 saturated heterocycles. The molecule has 1 aliphatic rings. The van der Waals surface area contributed by atoms with Crippen LogP contribution < -0.4 is 10.1 Å². The normalized spacial score (nSPS) is 14.5. The highest BCUT2D eigenvalue weighted by atomic mass is 16.5. The van der Waals surface area contributed by atoms with Crippen molar-refractivity contribution < 1.29 is 14.1 Å². The van der Waals surface area contributed by atoms with Crippen LogP contribution in [-0.2, 0) is 13.0 Å². The van der Waals surface area contributed by atoms with Crippen molar-refractivity contribution >= 4 is 6.03 Å². The van der Waals surface area contributed by atoms with Gasteiger partial charge in [0.25, 0.3) is 0 Å². The van der Waals surface area contributed by atoms with Crippen molar-refractivity contribution in [3.8, 4) is 17.1 Å². The Kier molecular flexibility index (Phi) is 6.50. The van der Waals surface area contributed by atoms with Gasteiger partial charge in [-0.2, -0.15) is 4.98 Å². The number of aryl methyl sites for hydroxylation is 1. The van der Waals surface area contributed by atoms with Gasteiger partial charge in [-0.25, -0.2) is 4.79 Å². The van der Waals surface area contributed by atoms with Crippen molar-refractivity contribution in [3.05, 3.63) is 65.5 Å². The van der Waals surface area contributed by atoms with Crippen LogP contribution in [0.3, 0.4) is 0 Å². The minimum atomic E-state index is -0.0197. The summed E-state index contributed by atoms with van der Waals surface area (Å²) < 4.78 is 10.6. The number of likely N-dealkylation sites (tertiary alicyclic amines) is 1. The molecule has 0 saturated carbocycles. The zero-order valence-corrected chi connectivity index (χ0v) is 18.0. The van der Waals surface area contributed by atoms with E-state index in [1.165, 1.54) is 5.56 Å². The van der Waals surface area contributed by atoms with Gasteiger partial charge < -0.3 is 19.5 Å². The first-order valence-corrected chi connectivity index (χ1v) is 10.7. The van der Waals surface area contributed by atoms with Crippen molar-refractivity contribution in [2.45, 2.75) is 32.7 Å². The highest BCUT2D eigenvalue weighted by molar-refractivity contribution is 5.74. The second-order valence-corrected chi connectivity index (χ2v) is 8.02. The highest BCUT2D eigenvalue weighted by Gasteiger charge is 2.24. The van der Waals surface area contributed by atoms with E-state index in [2.05, 4.69) is 22.4 Å². The number of methoxy groups -OCH3 is 1. The monoisotopic (exact) mass is 420 g/mol. The Morgan fingerprint density at radius 1 is 1.13 bits per heavy atom. The Morgan fingerprint density at radius 3 is 2.52 bits per heavy atom. The summed E-state index contributed by atoms with van der Waals surface area (Å²) in [6.45, 7) is 4.03. The van der Waals surface area contributed by atoms with Crippen LogP contribution in [0.2, 0.25) is 0 Å². The lowest BCUT2D eigenvalue weighted by Crippen LogP contribution is -2.44. The van der Waals surface area contributed by atoms with E-state index in [0.29, 0.717) is 24.2 Å². The fourth-order valence-electron chi connectivity index (χ4n) is 3.78. The maximum Gasteiger partial charge on any atom is 0.317 e. The maximum atomic E-state index is 12.5. The minimum Gasteiger partial charge on any atom is -0.497 e. The molecule has 7 heteroatoms. The molecule has 2 heterocycles. The number of piperidine rings is 1. The zero-order chi connectivity index (χ0) is 21.6. The smallest absolute Gasteiger partial charge is 0.317 e. The first-order chi connectivity index (χ1) is 15.1. The molecule has 1 aliphatic heterocycles. The van der Waals surface area contributed by atoms with Gasteiger partial charge in [0.1, 0.15) is 5.75 Å². The summed E-state index contributed by atoms with van der Waals surface area (Å²) in [6.07, 6.45) is 2.61. The predicted molar refractivity (Wildman–Crippen MR) is 118 cm³/mol. The standard InChI is InChI=1S/C24H28N4O3/c1-17-3-7-20(8-4-17)23-26-22(31-27-23)15-18-11-13-28(14-12-18)24(29)25-16-19-5-9-21(30-2)10-6-19/h3-10,18H,11-16H2,1-2H3,(H,25,29). The fraction of sp³-hybridized carbons (Fsp3) is 0.375. The second-order valence-electron chi connectivity index (χ2n) is 8.02. The first-order valence-electron chi connectivity index (χ1n) is 10.7. The molecular formula is C24H28N4O3. The van der Waals surface area contributed by atoms with Crippen LogP contribution in [0.5, 0.6) is 5.75 Å². The molecule has 31 heavy (non-hydrogen) atoms. The summed E-state index contributed by atoms with van der Waals surface area (Å²) in [5, 5.41) is 7.12.